The zero-order chi connectivity index (χ0) is 26.5. The van der Waals surface area contributed by atoms with Crippen molar-refractivity contribution in [3.05, 3.63) is 144 Å². The van der Waals surface area contributed by atoms with Crippen LogP contribution in [0.4, 0.5) is 11.4 Å². The summed E-state index contributed by atoms with van der Waals surface area (Å²) in [5.74, 6) is 2.23. The molecule has 0 fully saturated rings. The Kier molecular flexibility index (Phi) is 6.87. The Morgan fingerprint density at radius 3 is 0.842 bits per heavy atom. The van der Waals surface area contributed by atoms with Gasteiger partial charge in [0.1, 0.15) is 23.0 Å². The van der Waals surface area contributed by atoms with Gasteiger partial charge in [-0.2, -0.15) is 0 Å². The number of hydrogen-bond acceptors (Lipinski definition) is 6. The first kappa shape index (κ1) is 24.3. The van der Waals surface area contributed by atoms with Gasteiger partial charge in [0.15, 0.2) is 11.6 Å². The lowest BCUT2D eigenvalue weighted by Crippen LogP contribution is -2.04. The number of benzene rings is 5. The molecule has 0 spiro atoms. The molecule has 0 aliphatic heterocycles. The van der Waals surface area contributed by atoms with Crippen molar-refractivity contribution < 1.29 is 19.1 Å². The van der Waals surface area contributed by atoms with Crippen LogP contribution >= 0.6 is 0 Å². The fourth-order valence-electron chi connectivity index (χ4n) is 3.80. The molecule has 0 radical (unpaired) electrons. The first-order valence-electron chi connectivity index (χ1n) is 11.9. The molecule has 0 amide bonds. The maximum Gasteiger partial charge on any atom is 0.193 e. The van der Waals surface area contributed by atoms with E-state index in [0.29, 0.717) is 56.6 Å². The van der Waals surface area contributed by atoms with Crippen LogP contribution in [0.1, 0.15) is 31.8 Å². The number of hydrogen-bond donors (Lipinski definition) is 2. The highest BCUT2D eigenvalue weighted by Gasteiger charge is 2.13. The summed E-state index contributed by atoms with van der Waals surface area (Å²) >= 11 is 0. The van der Waals surface area contributed by atoms with Crippen molar-refractivity contribution >= 4 is 22.9 Å². The van der Waals surface area contributed by atoms with Gasteiger partial charge >= 0.3 is 0 Å². The predicted molar refractivity (Wildman–Crippen MR) is 148 cm³/mol. The monoisotopic (exact) mass is 500 g/mol. The van der Waals surface area contributed by atoms with E-state index in [1.807, 2.05) is 0 Å². The van der Waals surface area contributed by atoms with E-state index in [-0.39, 0.29) is 11.6 Å². The lowest BCUT2D eigenvalue weighted by molar-refractivity contribution is 0.102. The molecule has 0 aliphatic carbocycles. The molecule has 0 bridgehead atoms. The molecule has 5 rings (SSSR count). The average molecular weight is 501 g/mol. The molecule has 5 aromatic carbocycles. The van der Waals surface area contributed by atoms with Gasteiger partial charge in [-0.25, -0.2) is 0 Å². The van der Waals surface area contributed by atoms with Crippen molar-refractivity contribution in [3.63, 3.8) is 0 Å². The third kappa shape index (κ3) is 5.71. The largest absolute Gasteiger partial charge is 0.457 e. The minimum atomic E-state index is -0.146. The second-order valence-corrected chi connectivity index (χ2v) is 8.63. The highest BCUT2D eigenvalue weighted by Crippen LogP contribution is 2.25. The predicted octanol–water partition coefficient (Wildman–Crippen LogP) is 6.90. The molecule has 6 nitrogen and oxygen atoms in total. The summed E-state index contributed by atoms with van der Waals surface area (Å²) in [6.07, 6.45) is 0. The summed E-state index contributed by atoms with van der Waals surface area (Å²) in [7, 11) is 0. The Balaban J connectivity index is 1.22. The van der Waals surface area contributed by atoms with E-state index in [2.05, 4.69) is 0 Å². The van der Waals surface area contributed by atoms with Crippen LogP contribution in [0.3, 0.4) is 0 Å². The van der Waals surface area contributed by atoms with Crippen molar-refractivity contribution in [1.82, 2.24) is 0 Å². The minimum Gasteiger partial charge on any atom is -0.457 e. The molecule has 0 aromatic heterocycles. The molecule has 4 N–H and O–H groups in total. The molecule has 0 unspecified atom stereocenters. The molecular formula is C32H24N2O4. The first-order valence-corrected chi connectivity index (χ1v) is 11.9. The van der Waals surface area contributed by atoms with Crippen molar-refractivity contribution in [2.45, 2.75) is 0 Å². The third-order valence-corrected chi connectivity index (χ3v) is 5.87. The number of anilines is 2. The van der Waals surface area contributed by atoms with Crippen molar-refractivity contribution in [2.75, 3.05) is 11.5 Å². The van der Waals surface area contributed by atoms with Gasteiger partial charge in [-0.05, 0) is 97.1 Å². The third-order valence-electron chi connectivity index (χ3n) is 5.87. The number of nitrogen functional groups attached to an aromatic ring is 2. The Morgan fingerprint density at radius 2 is 0.579 bits per heavy atom. The molecule has 0 atom stereocenters. The lowest BCUT2D eigenvalue weighted by atomic mass is 9.98. The van der Waals surface area contributed by atoms with Gasteiger partial charge in [0, 0.05) is 33.6 Å². The van der Waals surface area contributed by atoms with Crippen LogP contribution in [0.15, 0.2) is 121 Å². The van der Waals surface area contributed by atoms with Crippen molar-refractivity contribution in [3.8, 4) is 23.0 Å². The standard InChI is InChI=1S/C32H24N2O4/c33-25-9-17-29(18-10-25)37-27-13-5-23(6-14-27)31(35)21-1-2-22(4-3-21)32(36)24-7-15-28(16-8-24)38-30-19-11-26(34)12-20-30/h1-20H,33-34H2. The summed E-state index contributed by atoms with van der Waals surface area (Å²) in [5.41, 5.74) is 14.7. The number of carbonyl (C=O) groups is 2. The van der Waals surface area contributed by atoms with Crippen LogP contribution in [0.2, 0.25) is 0 Å². The van der Waals surface area contributed by atoms with Crippen molar-refractivity contribution in [1.29, 1.82) is 0 Å². The Hall–Kier alpha value is -5.36. The molecule has 0 saturated carbocycles. The highest BCUT2D eigenvalue weighted by atomic mass is 16.5. The molecule has 186 valence electrons. The number of nitrogens with two attached hydrogens (primary N) is 2. The first-order chi connectivity index (χ1) is 18.4. The van der Waals surface area contributed by atoms with Gasteiger partial charge in [0.2, 0.25) is 0 Å². The van der Waals surface area contributed by atoms with Gasteiger partial charge in [-0.1, -0.05) is 24.3 Å². The second kappa shape index (κ2) is 10.7. The van der Waals surface area contributed by atoms with Crippen LogP contribution in [-0.4, -0.2) is 11.6 Å². The molecule has 6 heteroatoms. The van der Waals surface area contributed by atoms with E-state index in [4.69, 9.17) is 20.9 Å². The average Bonchev–Trinajstić information content (AvgIpc) is 2.96. The van der Waals surface area contributed by atoms with Gasteiger partial charge < -0.3 is 20.9 Å². The zero-order valence-corrected chi connectivity index (χ0v) is 20.3. The smallest absolute Gasteiger partial charge is 0.193 e. The van der Waals surface area contributed by atoms with E-state index in [9.17, 15) is 9.59 Å². The molecule has 0 aliphatic rings. The van der Waals surface area contributed by atoms with Crippen LogP contribution in [0, 0.1) is 0 Å². The summed E-state index contributed by atoms with van der Waals surface area (Å²) in [5, 5.41) is 0. The van der Waals surface area contributed by atoms with Gasteiger partial charge in [0.25, 0.3) is 0 Å². The Labute approximate surface area is 220 Å². The number of carbonyl (C=O) groups excluding carboxylic acids is 2. The molecule has 38 heavy (non-hydrogen) atoms. The minimum absolute atomic E-state index is 0.146. The summed E-state index contributed by atoms with van der Waals surface area (Å²) in [6, 6.07) is 34.6. The quantitative estimate of drug-likeness (QED) is 0.177. The fraction of sp³-hybridized carbons (Fsp3) is 0. The Bertz CT molecular complexity index is 1440. The summed E-state index contributed by atoms with van der Waals surface area (Å²) < 4.78 is 11.6. The van der Waals surface area contributed by atoms with Gasteiger partial charge in [-0.15, -0.1) is 0 Å². The Morgan fingerprint density at radius 1 is 0.368 bits per heavy atom. The van der Waals surface area contributed by atoms with E-state index in [1.165, 1.54) is 0 Å². The van der Waals surface area contributed by atoms with E-state index in [1.54, 1.807) is 121 Å². The van der Waals surface area contributed by atoms with Crippen molar-refractivity contribution in [2.24, 2.45) is 0 Å². The maximum absolute atomic E-state index is 13.0. The lowest BCUT2D eigenvalue weighted by Gasteiger charge is -2.08. The molecule has 5 aromatic rings. The number of ether oxygens (including phenoxy) is 2. The molecule has 0 heterocycles. The zero-order valence-electron chi connectivity index (χ0n) is 20.3. The number of rotatable bonds is 8. The maximum atomic E-state index is 13.0. The summed E-state index contributed by atoms with van der Waals surface area (Å²) in [4.78, 5) is 25.9. The molecular weight excluding hydrogens is 476 g/mol. The highest BCUT2D eigenvalue weighted by molar-refractivity contribution is 6.11. The van der Waals surface area contributed by atoms with Crippen LogP contribution in [0.5, 0.6) is 23.0 Å². The van der Waals surface area contributed by atoms with E-state index < -0.39 is 0 Å². The van der Waals surface area contributed by atoms with E-state index >= 15 is 0 Å². The van der Waals surface area contributed by atoms with E-state index in [0.717, 1.165) is 0 Å². The topological polar surface area (TPSA) is 105 Å². The van der Waals surface area contributed by atoms with Gasteiger partial charge in [0.05, 0.1) is 0 Å². The SMILES string of the molecule is Nc1ccc(Oc2ccc(C(=O)c3ccc(C(=O)c4ccc(Oc5ccc(N)cc5)cc4)cc3)cc2)cc1. The van der Waals surface area contributed by atoms with Crippen LogP contribution < -0.4 is 20.9 Å². The summed E-state index contributed by atoms with van der Waals surface area (Å²) in [6.45, 7) is 0. The fourth-order valence-corrected chi connectivity index (χ4v) is 3.80. The normalized spacial score (nSPS) is 10.5. The van der Waals surface area contributed by atoms with Crippen LogP contribution in [0.25, 0.3) is 0 Å². The second-order valence-electron chi connectivity index (χ2n) is 8.63. The number of ketones is 2. The molecule has 0 saturated heterocycles. The van der Waals surface area contributed by atoms with Crippen LogP contribution in [-0.2, 0) is 0 Å². The van der Waals surface area contributed by atoms with Gasteiger partial charge in [-0.3, -0.25) is 9.59 Å².